The highest BCUT2D eigenvalue weighted by molar-refractivity contribution is 7.98. The van der Waals surface area contributed by atoms with Crippen molar-refractivity contribution in [2.75, 3.05) is 12.0 Å². The van der Waals surface area contributed by atoms with Crippen LogP contribution in [0.15, 0.2) is 0 Å². The quantitative estimate of drug-likeness (QED) is 0.0968. The number of nitrogens with one attached hydrogen (secondary N) is 3. The molecule has 0 bridgehead atoms. The molecule has 0 aliphatic rings. The Morgan fingerprint density at radius 2 is 1.29 bits per heavy atom. The third-order valence-corrected chi connectivity index (χ3v) is 4.92. The minimum absolute atomic E-state index is 0.0538. The molecule has 0 saturated carbocycles. The summed E-state index contributed by atoms with van der Waals surface area (Å²) in [6.45, 7) is 0. The lowest BCUT2D eigenvalue weighted by Crippen LogP contribution is -2.58. The van der Waals surface area contributed by atoms with Crippen molar-refractivity contribution in [2.24, 2.45) is 11.5 Å². The highest BCUT2D eigenvalue weighted by Gasteiger charge is 2.31. The minimum atomic E-state index is -1.63. The summed E-state index contributed by atoms with van der Waals surface area (Å²) < 4.78 is 0. The van der Waals surface area contributed by atoms with Crippen LogP contribution in [0.4, 0.5) is 0 Å². The first kappa shape index (κ1) is 30.6. The van der Waals surface area contributed by atoms with E-state index in [2.05, 4.69) is 16.0 Å². The van der Waals surface area contributed by atoms with Crippen molar-refractivity contribution >= 4 is 53.3 Å². The molecule has 15 nitrogen and oxygen atoms in total. The first-order chi connectivity index (χ1) is 15.8. The predicted octanol–water partition coefficient (Wildman–Crippen LogP) is -3.18. The number of hydrogen-bond acceptors (Lipinski definition) is 9. The second kappa shape index (κ2) is 15.4. The second-order valence-electron chi connectivity index (χ2n) is 7.11. The molecule has 0 aliphatic heterocycles. The smallest absolute Gasteiger partial charge is 0.326 e. The van der Waals surface area contributed by atoms with E-state index in [0.717, 1.165) is 0 Å². The van der Waals surface area contributed by atoms with Crippen molar-refractivity contribution in [3.63, 3.8) is 0 Å². The maximum absolute atomic E-state index is 12.7. The van der Waals surface area contributed by atoms with Gasteiger partial charge < -0.3 is 42.7 Å². The van der Waals surface area contributed by atoms with Crippen LogP contribution in [-0.4, -0.2) is 93.0 Å². The number of amides is 4. The van der Waals surface area contributed by atoms with Gasteiger partial charge in [-0.25, -0.2) is 4.79 Å². The van der Waals surface area contributed by atoms with Gasteiger partial charge in [-0.1, -0.05) is 0 Å². The molecule has 0 heterocycles. The minimum Gasteiger partial charge on any atom is -0.481 e. The average Bonchev–Trinajstić information content (AvgIpc) is 2.71. The number of carbonyl (C=O) groups excluding carboxylic acids is 4. The van der Waals surface area contributed by atoms with Gasteiger partial charge in [-0.15, -0.1) is 0 Å². The van der Waals surface area contributed by atoms with Crippen molar-refractivity contribution in [3.05, 3.63) is 0 Å². The van der Waals surface area contributed by atoms with E-state index >= 15 is 0 Å². The SMILES string of the molecule is CSCCC(NC(=O)C(CC(N)=O)NC(=O)C(CCC(=O)O)NC(=O)C(N)CC(=O)O)C(=O)O. The van der Waals surface area contributed by atoms with E-state index in [1.54, 1.807) is 6.26 Å². The molecule has 4 unspecified atom stereocenters. The van der Waals surface area contributed by atoms with Gasteiger partial charge in [0.15, 0.2) is 0 Å². The van der Waals surface area contributed by atoms with Crippen molar-refractivity contribution in [2.45, 2.75) is 56.3 Å². The maximum atomic E-state index is 12.7. The summed E-state index contributed by atoms with van der Waals surface area (Å²) in [4.78, 5) is 81.8. The van der Waals surface area contributed by atoms with E-state index in [0.29, 0.717) is 5.75 Å². The number of primary amides is 1. The largest absolute Gasteiger partial charge is 0.481 e. The summed E-state index contributed by atoms with van der Waals surface area (Å²) in [6, 6.07) is -6.05. The van der Waals surface area contributed by atoms with Crippen LogP contribution >= 0.6 is 11.8 Å². The number of nitrogens with two attached hydrogens (primary N) is 2. The predicted molar refractivity (Wildman–Crippen MR) is 117 cm³/mol. The molecule has 16 heteroatoms. The van der Waals surface area contributed by atoms with Gasteiger partial charge in [0, 0.05) is 6.42 Å². The first-order valence-corrected chi connectivity index (χ1v) is 11.3. The third-order valence-electron chi connectivity index (χ3n) is 4.27. The molecule has 10 N–H and O–H groups in total. The summed E-state index contributed by atoms with van der Waals surface area (Å²) in [7, 11) is 0. The molecule has 0 aliphatic carbocycles. The number of carbonyl (C=O) groups is 7. The molecule has 0 aromatic heterocycles. The summed E-state index contributed by atoms with van der Waals surface area (Å²) >= 11 is 1.33. The third kappa shape index (κ3) is 12.6. The van der Waals surface area contributed by atoms with Gasteiger partial charge in [0.05, 0.1) is 18.9 Å². The van der Waals surface area contributed by atoms with E-state index in [1.807, 2.05) is 0 Å². The van der Waals surface area contributed by atoms with Gasteiger partial charge in [0.2, 0.25) is 23.6 Å². The van der Waals surface area contributed by atoms with Crippen LogP contribution in [0.2, 0.25) is 0 Å². The monoisotopic (exact) mass is 507 g/mol. The Hall–Kier alpha value is -3.40. The summed E-state index contributed by atoms with van der Waals surface area (Å²) in [5.74, 6) is -7.85. The lowest BCUT2D eigenvalue weighted by Gasteiger charge is -2.24. The Balaban J connectivity index is 5.56. The number of aliphatic carboxylic acids is 3. The normalized spacial score (nSPS) is 14.1. The van der Waals surface area contributed by atoms with Crippen LogP contribution < -0.4 is 27.4 Å². The van der Waals surface area contributed by atoms with Crippen LogP contribution in [0, 0.1) is 0 Å². The highest BCUT2D eigenvalue weighted by Crippen LogP contribution is 2.05. The second-order valence-corrected chi connectivity index (χ2v) is 8.10. The van der Waals surface area contributed by atoms with Gasteiger partial charge >= 0.3 is 17.9 Å². The van der Waals surface area contributed by atoms with E-state index < -0.39 is 91.4 Å². The Morgan fingerprint density at radius 1 is 0.765 bits per heavy atom. The Labute approximate surface area is 198 Å². The van der Waals surface area contributed by atoms with Gasteiger partial charge in [0.1, 0.15) is 18.1 Å². The maximum Gasteiger partial charge on any atom is 0.326 e. The van der Waals surface area contributed by atoms with Crippen LogP contribution in [0.25, 0.3) is 0 Å². The van der Waals surface area contributed by atoms with Crippen molar-refractivity contribution in [1.82, 2.24) is 16.0 Å². The number of carboxylic acids is 3. The molecule has 4 amide bonds. The number of carboxylic acid groups (broad SMARTS) is 3. The lowest BCUT2D eigenvalue weighted by atomic mass is 10.1. The number of hydrogen-bond donors (Lipinski definition) is 8. The topological polar surface area (TPSA) is 268 Å². The van der Waals surface area contributed by atoms with Gasteiger partial charge in [0.25, 0.3) is 0 Å². The fourth-order valence-corrected chi connectivity index (χ4v) is 3.02. The fraction of sp³-hybridized carbons (Fsp3) is 0.611. The molecule has 0 radical (unpaired) electrons. The first-order valence-electron chi connectivity index (χ1n) is 9.88. The van der Waals surface area contributed by atoms with Crippen LogP contribution in [0.5, 0.6) is 0 Å². The molecule has 0 aromatic carbocycles. The average molecular weight is 508 g/mol. The van der Waals surface area contributed by atoms with Crippen molar-refractivity contribution < 1.29 is 48.9 Å². The Kier molecular flexibility index (Phi) is 13.9. The summed E-state index contributed by atoms with van der Waals surface area (Å²) in [5, 5.41) is 33.3. The zero-order valence-electron chi connectivity index (χ0n) is 18.3. The molecule has 0 spiro atoms. The Morgan fingerprint density at radius 3 is 1.76 bits per heavy atom. The summed E-state index contributed by atoms with van der Waals surface area (Å²) in [5.41, 5.74) is 10.5. The number of thioether (sulfide) groups is 1. The zero-order chi connectivity index (χ0) is 26.4. The summed E-state index contributed by atoms with van der Waals surface area (Å²) in [6.07, 6.45) is -0.746. The molecule has 0 rings (SSSR count). The highest BCUT2D eigenvalue weighted by atomic mass is 32.2. The van der Waals surface area contributed by atoms with E-state index in [-0.39, 0.29) is 6.42 Å². The standard InChI is InChI=1S/C18H29N5O10S/c1-34-5-4-10(18(32)33)22-17(31)11(7-12(20)24)23-16(30)9(2-3-13(25)26)21-15(29)8(19)6-14(27)28/h8-11H,2-7,19H2,1H3,(H2,20,24)(H,21,29)(H,22,31)(H,23,30)(H,25,26)(H,27,28)(H,32,33). The molecule has 192 valence electrons. The van der Waals surface area contributed by atoms with E-state index in [1.165, 1.54) is 11.8 Å². The van der Waals surface area contributed by atoms with Crippen LogP contribution in [0.3, 0.4) is 0 Å². The lowest BCUT2D eigenvalue weighted by molar-refractivity contribution is -0.142. The molecule has 0 aromatic rings. The molecular formula is C18H29N5O10S. The Bertz CT molecular complexity index is 793. The van der Waals surface area contributed by atoms with Crippen LogP contribution in [-0.2, 0) is 33.6 Å². The van der Waals surface area contributed by atoms with Gasteiger partial charge in [-0.05, 0) is 24.9 Å². The van der Waals surface area contributed by atoms with Crippen LogP contribution in [0.1, 0.15) is 32.1 Å². The van der Waals surface area contributed by atoms with Crippen molar-refractivity contribution in [1.29, 1.82) is 0 Å². The zero-order valence-corrected chi connectivity index (χ0v) is 19.1. The van der Waals surface area contributed by atoms with E-state index in [4.69, 9.17) is 21.7 Å². The molecular weight excluding hydrogens is 478 g/mol. The fourth-order valence-electron chi connectivity index (χ4n) is 2.54. The molecule has 0 saturated heterocycles. The van der Waals surface area contributed by atoms with Crippen molar-refractivity contribution in [3.8, 4) is 0 Å². The molecule has 0 fully saturated rings. The molecule has 34 heavy (non-hydrogen) atoms. The molecule has 4 atom stereocenters. The van der Waals surface area contributed by atoms with Gasteiger partial charge in [-0.2, -0.15) is 11.8 Å². The van der Waals surface area contributed by atoms with Gasteiger partial charge in [-0.3, -0.25) is 28.8 Å². The van der Waals surface area contributed by atoms with E-state index in [9.17, 15) is 38.7 Å². The number of rotatable bonds is 17.